The number of likely N-dealkylation sites (tertiary alicyclic amines) is 1. The lowest BCUT2D eigenvalue weighted by Crippen LogP contribution is -2.29. The fourth-order valence-corrected chi connectivity index (χ4v) is 4.47. The average Bonchev–Trinajstić information content (AvgIpc) is 3.08. The summed E-state index contributed by atoms with van der Waals surface area (Å²) in [7, 11) is 0. The molecule has 4 rings (SSSR count). The summed E-state index contributed by atoms with van der Waals surface area (Å²) < 4.78 is 5.59. The summed E-state index contributed by atoms with van der Waals surface area (Å²) in [5.41, 5.74) is 4.86. The van der Waals surface area contributed by atoms with Crippen LogP contribution < -0.4 is 4.74 Å². The minimum Gasteiger partial charge on any atom is -0.508 e. The second-order valence-electron chi connectivity index (χ2n) is 8.86. The van der Waals surface area contributed by atoms with Crippen LogP contribution in [-0.2, 0) is 16.1 Å². The van der Waals surface area contributed by atoms with Crippen molar-refractivity contribution < 1.29 is 24.5 Å². The second-order valence-corrected chi connectivity index (χ2v) is 8.86. The zero-order valence-corrected chi connectivity index (χ0v) is 20.3. The summed E-state index contributed by atoms with van der Waals surface area (Å²) in [5.74, 6) is -0.890. The average molecular weight is 472 g/mol. The number of rotatable bonds is 6. The Kier molecular flexibility index (Phi) is 6.65. The number of hydrogen-bond donors (Lipinski definition) is 2. The molecule has 1 unspecified atom stereocenters. The van der Waals surface area contributed by atoms with Crippen LogP contribution in [0.1, 0.15) is 46.3 Å². The molecule has 0 saturated carbocycles. The molecule has 35 heavy (non-hydrogen) atoms. The predicted octanol–water partition coefficient (Wildman–Crippen LogP) is 5.34. The van der Waals surface area contributed by atoms with Gasteiger partial charge in [0.25, 0.3) is 11.7 Å². The van der Waals surface area contributed by atoms with Crippen LogP contribution in [0.2, 0.25) is 0 Å². The highest BCUT2D eigenvalue weighted by Gasteiger charge is 2.46. The fourth-order valence-electron chi connectivity index (χ4n) is 4.47. The van der Waals surface area contributed by atoms with Gasteiger partial charge in [-0.2, -0.15) is 0 Å². The SMILES string of the molecule is CCOc1ccc(/C(O)=C2/C(=O)C(=O)N(Cc3cc(C)ccc3C)C2c2ccc(O)cc2)cc1C. The Morgan fingerprint density at radius 2 is 1.66 bits per heavy atom. The molecule has 3 aromatic rings. The smallest absolute Gasteiger partial charge is 0.295 e. The van der Waals surface area contributed by atoms with E-state index < -0.39 is 17.7 Å². The molecule has 1 fully saturated rings. The highest BCUT2D eigenvalue weighted by atomic mass is 16.5. The van der Waals surface area contributed by atoms with E-state index >= 15 is 0 Å². The van der Waals surface area contributed by atoms with E-state index in [4.69, 9.17) is 4.74 Å². The van der Waals surface area contributed by atoms with Gasteiger partial charge in [-0.1, -0.05) is 35.9 Å². The van der Waals surface area contributed by atoms with Crippen LogP contribution in [0.3, 0.4) is 0 Å². The Bertz CT molecular complexity index is 1320. The number of ketones is 1. The van der Waals surface area contributed by atoms with Crippen LogP contribution in [0.15, 0.2) is 66.2 Å². The van der Waals surface area contributed by atoms with Gasteiger partial charge in [0.05, 0.1) is 18.2 Å². The van der Waals surface area contributed by atoms with E-state index in [2.05, 4.69) is 0 Å². The first-order valence-electron chi connectivity index (χ1n) is 11.6. The van der Waals surface area contributed by atoms with Gasteiger partial charge in [-0.05, 0) is 80.3 Å². The van der Waals surface area contributed by atoms with Crippen LogP contribution in [-0.4, -0.2) is 33.4 Å². The zero-order chi connectivity index (χ0) is 25.3. The van der Waals surface area contributed by atoms with Gasteiger partial charge in [0.1, 0.15) is 17.3 Å². The first-order valence-corrected chi connectivity index (χ1v) is 11.6. The predicted molar refractivity (Wildman–Crippen MR) is 134 cm³/mol. The molecule has 1 heterocycles. The lowest BCUT2D eigenvalue weighted by Gasteiger charge is -2.26. The van der Waals surface area contributed by atoms with Crippen molar-refractivity contribution in [2.75, 3.05) is 6.61 Å². The molecule has 1 aliphatic heterocycles. The monoisotopic (exact) mass is 471 g/mol. The van der Waals surface area contributed by atoms with Gasteiger partial charge in [0, 0.05) is 12.1 Å². The summed E-state index contributed by atoms with van der Waals surface area (Å²) in [5, 5.41) is 21.1. The summed E-state index contributed by atoms with van der Waals surface area (Å²) >= 11 is 0. The van der Waals surface area contributed by atoms with E-state index in [1.165, 1.54) is 17.0 Å². The summed E-state index contributed by atoms with van der Waals surface area (Å²) in [6.45, 7) is 8.41. The third-order valence-electron chi connectivity index (χ3n) is 6.34. The molecule has 3 aromatic carbocycles. The summed E-state index contributed by atoms with van der Waals surface area (Å²) in [6.07, 6.45) is 0. The molecule has 0 bridgehead atoms. The van der Waals surface area contributed by atoms with Gasteiger partial charge in [-0.3, -0.25) is 9.59 Å². The Labute approximate surface area is 205 Å². The molecule has 1 atom stereocenters. The zero-order valence-electron chi connectivity index (χ0n) is 20.3. The van der Waals surface area contributed by atoms with Crippen LogP contribution in [0, 0.1) is 20.8 Å². The fraction of sp³-hybridized carbons (Fsp3) is 0.241. The van der Waals surface area contributed by atoms with Crippen molar-refractivity contribution in [2.45, 2.75) is 40.3 Å². The number of aromatic hydroxyl groups is 1. The Morgan fingerprint density at radius 3 is 2.31 bits per heavy atom. The number of hydrogen-bond acceptors (Lipinski definition) is 5. The molecule has 2 N–H and O–H groups in total. The lowest BCUT2D eigenvalue weighted by molar-refractivity contribution is -0.140. The molecule has 1 aliphatic rings. The Balaban J connectivity index is 1.86. The maximum Gasteiger partial charge on any atom is 0.295 e. The molecule has 0 spiro atoms. The number of phenolic OH excluding ortho intramolecular Hbond substituents is 1. The van der Waals surface area contributed by atoms with Gasteiger partial charge in [-0.15, -0.1) is 0 Å². The number of ether oxygens (including phenoxy) is 1. The number of amides is 1. The van der Waals surface area contributed by atoms with E-state index in [1.54, 1.807) is 30.3 Å². The number of benzene rings is 3. The molecule has 1 saturated heterocycles. The third-order valence-corrected chi connectivity index (χ3v) is 6.34. The van der Waals surface area contributed by atoms with Crippen LogP contribution in [0.25, 0.3) is 5.76 Å². The lowest BCUT2D eigenvalue weighted by atomic mass is 9.94. The maximum absolute atomic E-state index is 13.3. The summed E-state index contributed by atoms with van der Waals surface area (Å²) in [4.78, 5) is 28.1. The molecule has 6 heteroatoms. The second kappa shape index (κ2) is 9.66. The topological polar surface area (TPSA) is 87.1 Å². The first kappa shape index (κ1) is 24.1. The number of aliphatic hydroxyl groups excluding tert-OH is 1. The number of phenols is 1. The highest BCUT2D eigenvalue weighted by Crippen LogP contribution is 2.41. The number of aliphatic hydroxyl groups is 1. The molecule has 1 amide bonds. The van der Waals surface area contributed by atoms with Crippen LogP contribution in [0.5, 0.6) is 11.5 Å². The number of aryl methyl sites for hydroxylation is 3. The normalized spacial score (nSPS) is 17.1. The molecular formula is C29H29NO5. The minimum absolute atomic E-state index is 0.0227. The van der Waals surface area contributed by atoms with Gasteiger partial charge in [-0.25, -0.2) is 0 Å². The van der Waals surface area contributed by atoms with Gasteiger partial charge in [0.2, 0.25) is 0 Å². The van der Waals surface area contributed by atoms with Crippen molar-refractivity contribution in [1.29, 1.82) is 0 Å². The molecular weight excluding hydrogens is 442 g/mol. The van der Waals surface area contributed by atoms with Crippen molar-refractivity contribution in [2.24, 2.45) is 0 Å². The standard InChI is InChI=1S/C29H29NO5/c1-5-35-24-13-10-21(15-19(24)4)27(32)25-26(20-8-11-23(31)12-9-20)30(29(34)28(25)33)16-22-14-17(2)6-7-18(22)3/h6-15,26,31-32H,5,16H2,1-4H3/b27-25-. The van der Waals surface area contributed by atoms with Gasteiger partial charge < -0.3 is 19.8 Å². The number of carbonyl (C=O) groups is 2. The number of carbonyl (C=O) groups excluding carboxylic acids is 2. The molecule has 0 radical (unpaired) electrons. The van der Waals surface area contributed by atoms with Crippen molar-refractivity contribution in [3.8, 4) is 11.5 Å². The number of nitrogens with zero attached hydrogens (tertiary/aromatic N) is 1. The highest BCUT2D eigenvalue weighted by molar-refractivity contribution is 6.46. The molecule has 180 valence electrons. The van der Waals surface area contributed by atoms with Gasteiger partial charge in [0.15, 0.2) is 0 Å². The van der Waals surface area contributed by atoms with E-state index in [-0.39, 0.29) is 23.6 Å². The van der Waals surface area contributed by atoms with Crippen molar-refractivity contribution in [1.82, 2.24) is 4.90 Å². The molecule has 6 nitrogen and oxygen atoms in total. The molecule has 0 aliphatic carbocycles. The largest absolute Gasteiger partial charge is 0.508 e. The Morgan fingerprint density at radius 1 is 0.943 bits per heavy atom. The quantitative estimate of drug-likeness (QED) is 0.288. The third kappa shape index (κ3) is 4.64. The van der Waals surface area contributed by atoms with E-state index in [0.717, 1.165) is 22.3 Å². The van der Waals surface area contributed by atoms with Crippen molar-refractivity contribution >= 4 is 17.4 Å². The van der Waals surface area contributed by atoms with E-state index in [0.29, 0.717) is 23.5 Å². The van der Waals surface area contributed by atoms with E-state index in [9.17, 15) is 19.8 Å². The van der Waals surface area contributed by atoms with Crippen LogP contribution in [0.4, 0.5) is 0 Å². The maximum atomic E-state index is 13.3. The van der Waals surface area contributed by atoms with Crippen LogP contribution >= 0.6 is 0 Å². The van der Waals surface area contributed by atoms with Crippen molar-refractivity contribution in [3.05, 3.63) is 99.6 Å². The van der Waals surface area contributed by atoms with Gasteiger partial charge >= 0.3 is 0 Å². The summed E-state index contributed by atoms with van der Waals surface area (Å²) in [6, 6.07) is 16.7. The van der Waals surface area contributed by atoms with E-state index in [1.807, 2.05) is 45.9 Å². The van der Waals surface area contributed by atoms with Crippen molar-refractivity contribution in [3.63, 3.8) is 0 Å². The first-order chi connectivity index (χ1) is 16.7. The number of Topliss-reactive ketones (excluding diaryl/α,β-unsaturated/α-hetero) is 1. The molecule has 0 aromatic heterocycles. The Hall–Kier alpha value is -4.06. The minimum atomic E-state index is -0.803.